The molecule has 24 heavy (non-hydrogen) atoms. The Hall–Kier alpha value is -1.55. The summed E-state index contributed by atoms with van der Waals surface area (Å²) in [5.74, 6) is 1.07. The predicted octanol–water partition coefficient (Wildman–Crippen LogP) is 3.92. The van der Waals surface area contributed by atoms with Crippen LogP contribution in [0.1, 0.15) is 69.8 Å². The van der Waals surface area contributed by atoms with E-state index < -0.39 is 0 Å². The van der Waals surface area contributed by atoms with Crippen LogP contribution >= 0.6 is 0 Å². The first-order chi connectivity index (χ1) is 11.8. The summed E-state index contributed by atoms with van der Waals surface area (Å²) in [7, 11) is 0. The molecule has 1 amide bonds. The van der Waals surface area contributed by atoms with E-state index in [9.17, 15) is 4.79 Å². The van der Waals surface area contributed by atoms with Crippen molar-refractivity contribution in [1.29, 1.82) is 0 Å². The van der Waals surface area contributed by atoms with E-state index in [1.807, 2.05) is 24.3 Å². The summed E-state index contributed by atoms with van der Waals surface area (Å²) in [6.07, 6.45) is 11.4. The van der Waals surface area contributed by atoms with Crippen LogP contribution < -0.4 is 15.8 Å². The van der Waals surface area contributed by atoms with Gasteiger partial charge in [-0.25, -0.2) is 0 Å². The fourth-order valence-electron chi connectivity index (χ4n) is 3.13. The summed E-state index contributed by atoms with van der Waals surface area (Å²) in [5.41, 5.74) is 6.57. The van der Waals surface area contributed by atoms with E-state index in [0.717, 1.165) is 43.5 Å². The SMILES string of the molecule is NCCCCCCC(=O)NCc1ccc(OC2CCCCC2)cc1. The highest BCUT2D eigenvalue weighted by Gasteiger charge is 2.14. The van der Waals surface area contributed by atoms with Crippen LogP contribution in [-0.4, -0.2) is 18.6 Å². The van der Waals surface area contributed by atoms with Gasteiger partial charge >= 0.3 is 0 Å². The van der Waals surface area contributed by atoms with Crippen LogP contribution in [0.25, 0.3) is 0 Å². The lowest BCUT2D eigenvalue weighted by atomic mass is 9.98. The number of nitrogens with one attached hydrogen (secondary N) is 1. The topological polar surface area (TPSA) is 64.4 Å². The first-order valence-electron chi connectivity index (χ1n) is 9.50. The van der Waals surface area contributed by atoms with Gasteiger partial charge in [0.25, 0.3) is 0 Å². The maximum atomic E-state index is 11.8. The van der Waals surface area contributed by atoms with Crippen molar-refractivity contribution in [2.24, 2.45) is 5.73 Å². The highest BCUT2D eigenvalue weighted by atomic mass is 16.5. The number of nitrogens with two attached hydrogens (primary N) is 1. The molecule has 4 heteroatoms. The Kier molecular flexibility index (Phi) is 8.67. The van der Waals surface area contributed by atoms with E-state index in [1.165, 1.54) is 32.1 Å². The Bertz CT molecular complexity index is 467. The van der Waals surface area contributed by atoms with Crippen LogP contribution in [0.2, 0.25) is 0 Å². The monoisotopic (exact) mass is 332 g/mol. The molecule has 2 rings (SSSR count). The zero-order valence-electron chi connectivity index (χ0n) is 14.8. The van der Waals surface area contributed by atoms with E-state index in [1.54, 1.807) is 0 Å². The van der Waals surface area contributed by atoms with Crippen molar-refractivity contribution in [3.05, 3.63) is 29.8 Å². The zero-order chi connectivity index (χ0) is 17.0. The van der Waals surface area contributed by atoms with Crippen LogP contribution in [0, 0.1) is 0 Å². The number of amides is 1. The minimum Gasteiger partial charge on any atom is -0.490 e. The van der Waals surface area contributed by atoms with Crippen molar-refractivity contribution in [3.8, 4) is 5.75 Å². The second-order valence-corrected chi connectivity index (χ2v) is 6.75. The maximum absolute atomic E-state index is 11.8. The van der Waals surface area contributed by atoms with Crippen molar-refractivity contribution < 1.29 is 9.53 Å². The average Bonchev–Trinajstić information content (AvgIpc) is 2.62. The first-order valence-corrected chi connectivity index (χ1v) is 9.50. The molecular formula is C20H32N2O2. The molecule has 0 heterocycles. The van der Waals surface area contributed by atoms with E-state index in [2.05, 4.69) is 5.32 Å². The smallest absolute Gasteiger partial charge is 0.220 e. The molecule has 1 fully saturated rings. The number of rotatable bonds is 10. The lowest BCUT2D eigenvalue weighted by Gasteiger charge is -2.23. The summed E-state index contributed by atoms with van der Waals surface area (Å²) in [6, 6.07) is 8.12. The van der Waals surface area contributed by atoms with Crippen LogP contribution in [-0.2, 0) is 11.3 Å². The molecule has 3 N–H and O–H groups in total. The highest BCUT2D eigenvalue weighted by molar-refractivity contribution is 5.75. The molecule has 0 saturated heterocycles. The number of ether oxygens (including phenoxy) is 1. The van der Waals surface area contributed by atoms with Crippen molar-refractivity contribution >= 4 is 5.91 Å². The fourth-order valence-corrected chi connectivity index (χ4v) is 3.13. The van der Waals surface area contributed by atoms with Crippen LogP contribution in [0.4, 0.5) is 0 Å². The molecule has 0 spiro atoms. The van der Waals surface area contributed by atoms with Gasteiger partial charge in [-0.3, -0.25) is 4.79 Å². The largest absolute Gasteiger partial charge is 0.490 e. The van der Waals surface area contributed by atoms with E-state index in [4.69, 9.17) is 10.5 Å². The summed E-state index contributed by atoms with van der Waals surface area (Å²) >= 11 is 0. The Morgan fingerprint density at radius 1 is 1.04 bits per heavy atom. The lowest BCUT2D eigenvalue weighted by Crippen LogP contribution is -2.22. The summed E-state index contributed by atoms with van der Waals surface area (Å²) < 4.78 is 6.02. The van der Waals surface area contributed by atoms with Gasteiger partial charge in [0.15, 0.2) is 0 Å². The van der Waals surface area contributed by atoms with Crippen LogP contribution in [0.5, 0.6) is 5.75 Å². The van der Waals surface area contributed by atoms with Gasteiger partial charge in [-0.05, 0) is 62.8 Å². The van der Waals surface area contributed by atoms with Gasteiger partial charge in [0.05, 0.1) is 6.10 Å². The van der Waals surface area contributed by atoms with Crippen molar-refractivity contribution in [3.63, 3.8) is 0 Å². The number of carbonyl (C=O) groups is 1. The van der Waals surface area contributed by atoms with Crippen molar-refractivity contribution in [2.75, 3.05) is 6.54 Å². The molecule has 0 aromatic heterocycles. The first kappa shape index (κ1) is 18.8. The number of carbonyl (C=O) groups excluding carboxylic acids is 1. The van der Waals surface area contributed by atoms with Crippen LogP contribution in [0.3, 0.4) is 0 Å². The van der Waals surface area contributed by atoms with Crippen molar-refractivity contribution in [2.45, 2.75) is 76.9 Å². The van der Waals surface area contributed by atoms with E-state index in [0.29, 0.717) is 19.1 Å². The van der Waals surface area contributed by atoms with Gasteiger partial charge in [0.1, 0.15) is 5.75 Å². The molecule has 1 aliphatic carbocycles. The number of hydrogen-bond acceptors (Lipinski definition) is 3. The molecule has 0 aliphatic heterocycles. The normalized spacial score (nSPS) is 15.2. The lowest BCUT2D eigenvalue weighted by molar-refractivity contribution is -0.121. The van der Waals surface area contributed by atoms with E-state index >= 15 is 0 Å². The minimum atomic E-state index is 0.130. The minimum absolute atomic E-state index is 0.130. The Morgan fingerprint density at radius 3 is 2.46 bits per heavy atom. The third-order valence-corrected chi connectivity index (χ3v) is 4.63. The second kappa shape index (κ2) is 11.1. The molecule has 1 aliphatic rings. The third-order valence-electron chi connectivity index (χ3n) is 4.63. The predicted molar refractivity (Wildman–Crippen MR) is 97.9 cm³/mol. The van der Waals surface area contributed by atoms with Crippen LogP contribution in [0.15, 0.2) is 24.3 Å². The van der Waals surface area contributed by atoms with Gasteiger partial charge in [0, 0.05) is 13.0 Å². The molecule has 4 nitrogen and oxygen atoms in total. The number of unbranched alkanes of at least 4 members (excludes halogenated alkanes) is 3. The molecule has 0 radical (unpaired) electrons. The second-order valence-electron chi connectivity index (χ2n) is 6.75. The quantitative estimate of drug-likeness (QED) is 0.638. The number of benzene rings is 1. The van der Waals surface area contributed by atoms with Gasteiger partial charge in [0.2, 0.25) is 5.91 Å². The van der Waals surface area contributed by atoms with Gasteiger partial charge in [-0.15, -0.1) is 0 Å². The van der Waals surface area contributed by atoms with E-state index in [-0.39, 0.29) is 5.91 Å². The van der Waals surface area contributed by atoms with Gasteiger partial charge < -0.3 is 15.8 Å². The molecule has 0 atom stereocenters. The highest BCUT2D eigenvalue weighted by Crippen LogP contribution is 2.23. The molecule has 134 valence electrons. The van der Waals surface area contributed by atoms with Gasteiger partial charge in [-0.1, -0.05) is 31.4 Å². The maximum Gasteiger partial charge on any atom is 0.220 e. The molecule has 1 aromatic rings. The fraction of sp³-hybridized carbons (Fsp3) is 0.650. The number of hydrogen-bond donors (Lipinski definition) is 2. The van der Waals surface area contributed by atoms with Gasteiger partial charge in [-0.2, -0.15) is 0 Å². The molecular weight excluding hydrogens is 300 g/mol. The zero-order valence-corrected chi connectivity index (χ0v) is 14.8. The third kappa shape index (κ3) is 7.35. The molecule has 0 bridgehead atoms. The average molecular weight is 332 g/mol. The molecule has 1 saturated carbocycles. The molecule has 1 aromatic carbocycles. The molecule has 0 unspecified atom stereocenters. The summed E-state index contributed by atoms with van der Waals surface area (Å²) in [4.78, 5) is 11.8. The summed E-state index contributed by atoms with van der Waals surface area (Å²) in [6.45, 7) is 1.33. The Labute approximate surface area is 146 Å². The standard InChI is InChI=1S/C20H32N2O2/c21-15-7-2-1-6-10-20(23)22-16-17-11-13-19(14-12-17)24-18-8-4-3-5-9-18/h11-14,18H,1-10,15-16,21H2,(H,22,23). The van der Waals surface area contributed by atoms with Crippen molar-refractivity contribution in [1.82, 2.24) is 5.32 Å². The Morgan fingerprint density at radius 2 is 1.75 bits per heavy atom. The Balaban J connectivity index is 1.63. The summed E-state index contributed by atoms with van der Waals surface area (Å²) in [5, 5.41) is 2.99.